The van der Waals surface area contributed by atoms with Crippen molar-refractivity contribution in [1.82, 2.24) is 0 Å². The Morgan fingerprint density at radius 3 is 2.31 bits per heavy atom. The van der Waals surface area contributed by atoms with Crippen molar-refractivity contribution in [3.8, 4) is 11.1 Å². The predicted octanol–water partition coefficient (Wildman–Crippen LogP) is 3.68. The quantitative estimate of drug-likeness (QED) is 0.714. The number of aldehydes is 1. The summed E-state index contributed by atoms with van der Waals surface area (Å²) < 4.78 is 5.14. The Balaban J connectivity index is 2.69. The van der Waals surface area contributed by atoms with Gasteiger partial charge in [-0.1, -0.05) is 17.7 Å². The van der Waals surface area contributed by atoms with Gasteiger partial charge in [0.05, 0.1) is 6.26 Å². The Bertz CT molecular complexity index is 512. The molecular formula is C14H14O2. The number of furan rings is 1. The lowest BCUT2D eigenvalue weighted by Gasteiger charge is -2.09. The van der Waals surface area contributed by atoms with Gasteiger partial charge in [-0.3, -0.25) is 4.79 Å². The molecule has 16 heavy (non-hydrogen) atoms. The number of hydrogen-bond acceptors (Lipinski definition) is 2. The molecule has 0 saturated carbocycles. The van der Waals surface area contributed by atoms with E-state index in [4.69, 9.17) is 4.42 Å². The smallest absolute Gasteiger partial charge is 0.185 e. The summed E-state index contributed by atoms with van der Waals surface area (Å²) in [6.45, 7) is 6.17. The molecule has 0 atom stereocenters. The standard InChI is InChI=1S/C14H14O2/c1-9-6-10(2)14(11(3)7-9)12-4-5-16-13(12)8-15/h4-8H,1-3H3. The van der Waals surface area contributed by atoms with Crippen LogP contribution in [0.15, 0.2) is 28.9 Å². The van der Waals surface area contributed by atoms with Gasteiger partial charge in [0, 0.05) is 5.56 Å². The molecule has 1 aromatic carbocycles. The zero-order valence-corrected chi connectivity index (χ0v) is 9.70. The number of benzene rings is 1. The van der Waals surface area contributed by atoms with Gasteiger partial charge in [0.15, 0.2) is 12.0 Å². The number of aryl methyl sites for hydroxylation is 3. The minimum Gasteiger partial charge on any atom is -0.461 e. The molecule has 82 valence electrons. The van der Waals surface area contributed by atoms with Crippen molar-refractivity contribution in [1.29, 1.82) is 0 Å². The van der Waals surface area contributed by atoms with Crippen LogP contribution < -0.4 is 0 Å². The van der Waals surface area contributed by atoms with Gasteiger partial charge < -0.3 is 4.42 Å². The van der Waals surface area contributed by atoms with E-state index < -0.39 is 0 Å². The summed E-state index contributed by atoms with van der Waals surface area (Å²) in [7, 11) is 0. The highest BCUT2D eigenvalue weighted by Gasteiger charge is 2.12. The predicted molar refractivity (Wildman–Crippen MR) is 63.7 cm³/mol. The van der Waals surface area contributed by atoms with E-state index in [0.717, 1.165) is 17.4 Å². The van der Waals surface area contributed by atoms with E-state index in [1.54, 1.807) is 6.26 Å². The maximum Gasteiger partial charge on any atom is 0.185 e. The van der Waals surface area contributed by atoms with Crippen LogP contribution in [0.25, 0.3) is 11.1 Å². The molecule has 0 radical (unpaired) electrons. The summed E-state index contributed by atoms with van der Waals surface area (Å²) in [5.74, 6) is 0.398. The molecule has 2 rings (SSSR count). The zero-order chi connectivity index (χ0) is 11.7. The topological polar surface area (TPSA) is 30.2 Å². The lowest BCUT2D eigenvalue weighted by atomic mass is 9.94. The summed E-state index contributed by atoms with van der Waals surface area (Å²) in [4.78, 5) is 10.9. The lowest BCUT2D eigenvalue weighted by Crippen LogP contribution is -1.91. The van der Waals surface area contributed by atoms with Gasteiger partial charge in [-0.15, -0.1) is 0 Å². The molecule has 0 aliphatic heterocycles. The normalized spacial score (nSPS) is 10.4. The van der Waals surface area contributed by atoms with Crippen LogP contribution in [0.5, 0.6) is 0 Å². The van der Waals surface area contributed by atoms with Crippen molar-refractivity contribution in [3.63, 3.8) is 0 Å². The number of carbonyl (C=O) groups excluding carboxylic acids is 1. The maximum absolute atomic E-state index is 10.9. The molecule has 1 aromatic heterocycles. The van der Waals surface area contributed by atoms with Crippen LogP contribution in [0.4, 0.5) is 0 Å². The van der Waals surface area contributed by atoms with Crippen molar-refractivity contribution in [3.05, 3.63) is 46.9 Å². The monoisotopic (exact) mass is 214 g/mol. The molecule has 0 N–H and O–H groups in total. The average molecular weight is 214 g/mol. The van der Waals surface area contributed by atoms with Crippen molar-refractivity contribution >= 4 is 6.29 Å². The number of carbonyl (C=O) groups is 1. The fraction of sp³-hybridized carbons (Fsp3) is 0.214. The molecule has 0 fully saturated rings. The third-order valence-electron chi connectivity index (χ3n) is 2.75. The highest BCUT2D eigenvalue weighted by molar-refractivity contribution is 5.86. The van der Waals surface area contributed by atoms with Crippen LogP contribution in [-0.4, -0.2) is 6.29 Å². The summed E-state index contributed by atoms with van der Waals surface area (Å²) in [5.41, 5.74) is 5.55. The molecule has 0 aliphatic rings. The van der Waals surface area contributed by atoms with Crippen molar-refractivity contribution in [2.45, 2.75) is 20.8 Å². The zero-order valence-electron chi connectivity index (χ0n) is 9.70. The highest BCUT2D eigenvalue weighted by atomic mass is 16.3. The Morgan fingerprint density at radius 1 is 1.12 bits per heavy atom. The molecule has 0 bridgehead atoms. The van der Waals surface area contributed by atoms with E-state index >= 15 is 0 Å². The first-order valence-electron chi connectivity index (χ1n) is 5.24. The van der Waals surface area contributed by atoms with E-state index in [2.05, 4.69) is 32.9 Å². The van der Waals surface area contributed by atoms with Gasteiger partial charge in [0.1, 0.15) is 0 Å². The van der Waals surface area contributed by atoms with Crippen LogP contribution in [0.1, 0.15) is 27.2 Å². The van der Waals surface area contributed by atoms with Crippen LogP contribution in [0.2, 0.25) is 0 Å². The van der Waals surface area contributed by atoms with Crippen molar-refractivity contribution in [2.24, 2.45) is 0 Å². The maximum atomic E-state index is 10.9. The molecule has 1 heterocycles. The van der Waals surface area contributed by atoms with Gasteiger partial charge in [0.25, 0.3) is 0 Å². The first-order chi connectivity index (χ1) is 7.63. The van der Waals surface area contributed by atoms with E-state index in [1.165, 1.54) is 16.7 Å². The van der Waals surface area contributed by atoms with Gasteiger partial charge in [-0.2, -0.15) is 0 Å². The second-order valence-electron chi connectivity index (χ2n) is 4.09. The summed E-state index contributed by atoms with van der Waals surface area (Å²) >= 11 is 0. The molecule has 0 unspecified atom stereocenters. The number of rotatable bonds is 2. The van der Waals surface area contributed by atoms with E-state index in [9.17, 15) is 4.79 Å². The molecule has 0 aliphatic carbocycles. The Hall–Kier alpha value is -1.83. The first kappa shape index (κ1) is 10.7. The Morgan fingerprint density at radius 2 is 1.75 bits per heavy atom. The van der Waals surface area contributed by atoms with Crippen molar-refractivity contribution < 1.29 is 9.21 Å². The van der Waals surface area contributed by atoms with Gasteiger partial charge in [0.2, 0.25) is 0 Å². The van der Waals surface area contributed by atoms with Crippen LogP contribution in [0.3, 0.4) is 0 Å². The fourth-order valence-corrected chi connectivity index (χ4v) is 2.22. The molecule has 2 nitrogen and oxygen atoms in total. The first-order valence-corrected chi connectivity index (χ1v) is 5.24. The summed E-state index contributed by atoms with van der Waals surface area (Å²) in [5, 5.41) is 0. The van der Waals surface area contributed by atoms with Crippen LogP contribution in [-0.2, 0) is 0 Å². The molecule has 2 heteroatoms. The minimum atomic E-state index is 0.398. The van der Waals surface area contributed by atoms with Crippen LogP contribution >= 0.6 is 0 Å². The third-order valence-corrected chi connectivity index (χ3v) is 2.75. The summed E-state index contributed by atoms with van der Waals surface area (Å²) in [6, 6.07) is 6.07. The van der Waals surface area contributed by atoms with Crippen molar-refractivity contribution in [2.75, 3.05) is 0 Å². The molecule has 0 amide bonds. The average Bonchev–Trinajstić information content (AvgIpc) is 2.64. The van der Waals surface area contributed by atoms with E-state index in [0.29, 0.717) is 5.76 Å². The molecule has 0 spiro atoms. The summed E-state index contributed by atoms with van der Waals surface area (Å²) in [6.07, 6.45) is 2.31. The fourth-order valence-electron chi connectivity index (χ4n) is 2.22. The van der Waals surface area contributed by atoms with E-state index in [-0.39, 0.29) is 0 Å². The van der Waals surface area contributed by atoms with Crippen LogP contribution in [0, 0.1) is 20.8 Å². The van der Waals surface area contributed by atoms with E-state index in [1.807, 2.05) is 6.07 Å². The van der Waals surface area contributed by atoms with Gasteiger partial charge >= 0.3 is 0 Å². The molecular weight excluding hydrogens is 200 g/mol. The van der Waals surface area contributed by atoms with Gasteiger partial charge in [-0.05, 0) is 43.5 Å². The minimum absolute atomic E-state index is 0.398. The second-order valence-corrected chi connectivity index (χ2v) is 4.09. The third kappa shape index (κ3) is 1.67. The molecule has 0 saturated heterocycles. The number of hydrogen-bond donors (Lipinski definition) is 0. The highest BCUT2D eigenvalue weighted by Crippen LogP contribution is 2.30. The second kappa shape index (κ2) is 3.97. The largest absolute Gasteiger partial charge is 0.461 e. The SMILES string of the molecule is Cc1cc(C)c(-c2ccoc2C=O)c(C)c1. The Kier molecular flexibility index (Phi) is 2.65. The Labute approximate surface area is 94.9 Å². The molecule has 2 aromatic rings. The van der Waals surface area contributed by atoms with Gasteiger partial charge in [-0.25, -0.2) is 0 Å². The lowest BCUT2D eigenvalue weighted by molar-refractivity contribution is 0.110.